The number of aliphatic hydroxyl groups is 2. The first kappa shape index (κ1) is 38.4. The number of aromatic hydroxyl groups is 2. The van der Waals surface area contributed by atoms with Crippen LogP contribution in [0.25, 0.3) is 22.3 Å². The minimum absolute atomic E-state index is 0.153. The lowest BCUT2D eigenvalue weighted by Gasteiger charge is -2.20. The third kappa shape index (κ3) is 8.00. The molecule has 18 nitrogen and oxygen atoms in total. The van der Waals surface area contributed by atoms with Crippen molar-refractivity contribution in [3.05, 3.63) is 114 Å². The second kappa shape index (κ2) is 16.2. The van der Waals surface area contributed by atoms with E-state index in [0.29, 0.717) is 54.1 Å². The van der Waals surface area contributed by atoms with E-state index >= 15 is 0 Å². The van der Waals surface area contributed by atoms with Gasteiger partial charge >= 0.3 is 11.4 Å². The molecule has 6 rings (SSSR count). The number of aromatic nitrogens is 8. The Hall–Kier alpha value is -5.82. The molecule has 0 bridgehead atoms. The summed E-state index contributed by atoms with van der Waals surface area (Å²) in [6.07, 6.45) is 1.57. The highest BCUT2D eigenvalue weighted by atomic mass is 16.3. The molecule has 0 radical (unpaired) electrons. The number of imidazole rings is 2. The summed E-state index contributed by atoms with van der Waals surface area (Å²) in [5.74, 6) is -0.542. The van der Waals surface area contributed by atoms with E-state index in [9.17, 15) is 39.6 Å². The number of phenolic OH excluding ortho intramolecular Hbond substituents is 2. The first-order valence-electron chi connectivity index (χ1n) is 16.8. The zero-order valence-corrected chi connectivity index (χ0v) is 30.0. The van der Waals surface area contributed by atoms with E-state index in [2.05, 4.69) is 20.6 Å². The normalized spacial score (nSPS) is 13.2. The van der Waals surface area contributed by atoms with Gasteiger partial charge in [0.2, 0.25) is 0 Å². The highest BCUT2D eigenvalue weighted by molar-refractivity contribution is 5.70. The molecular weight excluding hydrogens is 688 g/mol. The van der Waals surface area contributed by atoms with Crippen LogP contribution in [-0.2, 0) is 41.3 Å². The second-order valence-corrected chi connectivity index (χ2v) is 12.7. The van der Waals surface area contributed by atoms with Crippen LogP contribution < -0.4 is 33.1 Å². The minimum atomic E-state index is -0.871. The molecule has 53 heavy (non-hydrogen) atoms. The van der Waals surface area contributed by atoms with Gasteiger partial charge in [-0.05, 0) is 30.2 Å². The van der Waals surface area contributed by atoms with Gasteiger partial charge in [0.1, 0.15) is 0 Å². The fraction of sp³-hybridized carbons (Fsp3) is 0.371. The summed E-state index contributed by atoms with van der Waals surface area (Å²) in [4.78, 5) is 57.0. The number of hydrogen-bond acceptors (Lipinski definition) is 12. The molecule has 0 aliphatic rings. The number of hydrogen-bond donors (Lipinski definition) is 6. The molecule has 6 aromatic rings. The number of fused-ring (bicyclic) bond motifs is 2. The lowest BCUT2D eigenvalue weighted by atomic mass is 10.0. The van der Waals surface area contributed by atoms with Crippen LogP contribution in [0.3, 0.4) is 0 Å². The Bertz CT molecular complexity index is 2460. The maximum atomic E-state index is 12.4. The van der Waals surface area contributed by atoms with Crippen molar-refractivity contribution in [3.63, 3.8) is 0 Å². The molecule has 1 unspecified atom stereocenters. The van der Waals surface area contributed by atoms with Crippen LogP contribution in [-0.4, -0.2) is 83.5 Å². The Labute approximate surface area is 302 Å². The minimum Gasteiger partial charge on any atom is -0.504 e. The Morgan fingerprint density at radius 1 is 0.679 bits per heavy atom. The van der Waals surface area contributed by atoms with Crippen molar-refractivity contribution in [1.82, 2.24) is 48.0 Å². The number of phenols is 2. The van der Waals surface area contributed by atoms with E-state index in [1.807, 2.05) is 37.3 Å². The van der Waals surface area contributed by atoms with Crippen LogP contribution in [0.4, 0.5) is 0 Å². The van der Waals surface area contributed by atoms with Crippen LogP contribution in [0.2, 0.25) is 0 Å². The highest BCUT2D eigenvalue weighted by Gasteiger charge is 2.18. The first-order chi connectivity index (χ1) is 25.2. The van der Waals surface area contributed by atoms with Gasteiger partial charge in [0.15, 0.2) is 33.8 Å². The Morgan fingerprint density at radius 3 is 1.74 bits per heavy atom. The number of aliphatic hydroxyl groups excluding tert-OH is 2. The van der Waals surface area contributed by atoms with Crippen LogP contribution in [0, 0.1) is 0 Å². The van der Waals surface area contributed by atoms with Crippen LogP contribution in [0.5, 0.6) is 11.5 Å². The van der Waals surface area contributed by atoms with Crippen molar-refractivity contribution >= 4 is 22.3 Å². The summed E-state index contributed by atoms with van der Waals surface area (Å²) in [7, 11) is 6.03. The zero-order valence-electron chi connectivity index (χ0n) is 30.0. The lowest BCUT2D eigenvalue weighted by molar-refractivity contribution is 0.135. The molecule has 0 aliphatic carbocycles. The van der Waals surface area contributed by atoms with Crippen molar-refractivity contribution in [1.29, 1.82) is 0 Å². The number of aryl methyl sites for hydroxylation is 2. The number of nitrogens with zero attached hydrogens (tertiary/aromatic N) is 8. The monoisotopic (exact) mass is 732 g/mol. The molecule has 18 heteroatoms. The van der Waals surface area contributed by atoms with E-state index in [0.717, 1.165) is 14.7 Å². The third-order valence-corrected chi connectivity index (χ3v) is 9.12. The van der Waals surface area contributed by atoms with Crippen molar-refractivity contribution in [3.8, 4) is 11.5 Å². The SMILES string of the molecule is C[C@H](NCCn1cnc2c1c(=O)n(C)c(=O)n2C)[C@H](O)c1ccccc1.Cn1c(=O)c2c(ncn2CCNCC(O)c2ccc(O)c(O)c2)n(C)c1=O. The van der Waals surface area contributed by atoms with E-state index in [-0.39, 0.29) is 29.6 Å². The summed E-state index contributed by atoms with van der Waals surface area (Å²) < 4.78 is 8.18. The number of nitrogens with one attached hydrogen (secondary N) is 2. The maximum Gasteiger partial charge on any atom is 0.332 e. The van der Waals surface area contributed by atoms with Gasteiger partial charge in [-0.15, -0.1) is 0 Å². The van der Waals surface area contributed by atoms with Gasteiger partial charge in [-0.3, -0.25) is 27.9 Å². The highest BCUT2D eigenvalue weighted by Crippen LogP contribution is 2.27. The van der Waals surface area contributed by atoms with Gasteiger partial charge in [0.25, 0.3) is 11.1 Å². The molecule has 0 saturated heterocycles. The van der Waals surface area contributed by atoms with E-state index in [1.54, 1.807) is 29.6 Å². The lowest BCUT2D eigenvalue weighted by Crippen LogP contribution is -2.38. The Morgan fingerprint density at radius 2 is 1.21 bits per heavy atom. The van der Waals surface area contributed by atoms with E-state index in [4.69, 9.17) is 0 Å². The summed E-state index contributed by atoms with van der Waals surface area (Å²) >= 11 is 0. The van der Waals surface area contributed by atoms with Gasteiger partial charge in [0.05, 0.1) is 24.9 Å². The summed E-state index contributed by atoms with van der Waals surface area (Å²) in [5, 5.41) is 45.7. The van der Waals surface area contributed by atoms with Gasteiger partial charge in [0, 0.05) is 67.0 Å². The summed E-state index contributed by atoms with van der Waals surface area (Å²) in [5.41, 5.74) is 1.14. The molecule has 282 valence electrons. The molecule has 0 aliphatic heterocycles. The molecule has 0 amide bonds. The first-order valence-corrected chi connectivity index (χ1v) is 16.8. The quantitative estimate of drug-likeness (QED) is 0.0679. The molecule has 4 heterocycles. The molecule has 6 N–H and O–H groups in total. The average molecular weight is 733 g/mol. The van der Waals surface area contributed by atoms with Gasteiger partial charge < -0.3 is 40.2 Å². The smallest absolute Gasteiger partial charge is 0.332 e. The predicted octanol–water partition coefficient (Wildman–Crippen LogP) is -0.686. The van der Waals surface area contributed by atoms with Crippen molar-refractivity contribution in [2.45, 2.75) is 38.3 Å². The van der Waals surface area contributed by atoms with Crippen LogP contribution in [0.15, 0.2) is 80.4 Å². The molecule has 0 fully saturated rings. The van der Waals surface area contributed by atoms with E-state index < -0.39 is 29.1 Å². The van der Waals surface area contributed by atoms with Crippen molar-refractivity contribution < 1.29 is 20.4 Å². The molecule has 2 aromatic carbocycles. The van der Waals surface area contributed by atoms with Crippen molar-refractivity contribution in [2.24, 2.45) is 28.2 Å². The third-order valence-electron chi connectivity index (χ3n) is 9.12. The number of benzene rings is 2. The predicted molar refractivity (Wildman–Crippen MR) is 197 cm³/mol. The topological polar surface area (TPSA) is 229 Å². The molecule has 0 saturated carbocycles. The Kier molecular flexibility index (Phi) is 11.8. The van der Waals surface area contributed by atoms with Crippen LogP contribution >= 0.6 is 0 Å². The molecule has 3 atom stereocenters. The van der Waals surface area contributed by atoms with Crippen molar-refractivity contribution in [2.75, 3.05) is 19.6 Å². The average Bonchev–Trinajstić information content (AvgIpc) is 3.79. The zero-order chi connectivity index (χ0) is 38.6. The molecule has 4 aromatic heterocycles. The van der Waals surface area contributed by atoms with Gasteiger partial charge in [-0.25, -0.2) is 19.6 Å². The largest absolute Gasteiger partial charge is 0.504 e. The summed E-state index contributed by atoms with van der Waals surface area (Å²) in [6, 6.07) is 13.4. The second-order valence-electron chi connectivity index (χ2n) is 12.7. The standard InChI is InChI=1S/C18H23N5O3.C17H21N5O5/c1-12(15(24)13-7-5-4-6-8-13)19-9-10-23-11-20-16-14(23)17(25)22(3)18(26)21(16)2;1-20-15-14(16(26)21(2)17(20)27)22(9-19-15)6-5-18-8-13(25)10-3-4-11(23)12(24)7-10/h4-8,11-12,15,19,24H,9-10H2,1-3H3;3-4,7,9,13,18,23-25H,5-6,8H2,1-2H3/t12-,15-;/m0./s1. The fourth-order valence-electron chi connectivity index (χ4n) is 5.90. The van der Waals surface area contributed by atoms with Gasteiger partial charge in [-0.1, -0.05) is 36.4 Å². The summed E-state index contributed by atoms with van der Waals surface area (Å²) in [6.45, 7) is 4.02. The van der Waals surface area contributed by atoms with Crippen LogP contribution in [0.1, 0.15) is 30.3 Å². The molecular formula is C35H44N10O8. The maximum absolute atomic E-state index is 12.4. The van der Waals surface area contributed by atoms with Gasteiger partial charge in [-0.2, -0.15) is 0 Å². The van der Waals surface area contributed by atoms with E-state index in [1.165, 1.54) is 47.8 Å². The Balaban J connectivity index is 0.000000204. The fourth-order valence-corrected chi connectivity index (χ4v) is 5.90. The molecule has 0 spiro atoms. The number of rotatable bonds is 12.